The Morgan fingerprint density at radius 1 is 1.17 bits per heavy atom. The van der Waals surface area contributed by atoms with E-state index in [2.05, 4.69) is 20.7 Å². The maximum Gasteiger partial charge on any atom is 0.255 e. The van der Waals surface area contributed by atoms with Crippen molar-refractivity contribution >= 4 is 17.5 Å². The van der Waals surface area contributed by atoms with Crippen LogP contribution in [0.4, 0.5) is 11.6 Å². The number of methoxy groups -OCH3 is 2. The van der Waals surface area contributed by atoms with Crippen LogP contribution in [0.15, 0.2) is 60.1 Å². The van der Waals surface area contributed by atoms with Gasteiger partial charge in [-0.2, -0.15) is 10.1 Å². The number of fused-ring (bicyclic) bond motifs is 1. The molecule has 154 valence electrons. The monoisotopic (exact) mass is 407 g/mol. The van der Waals surface area contributed by atoms with E-state index in [0.29, 0.717) is 40.0 Å². The number of para-hydroxylation sites is 2. The average molecular weight is 407 g/mol. The third-order valence-corrected chi connectivity index (χ3v) is 4.91. The zero-order chi connectivity index (χ0) is 21.3. The van der Waals surface area contributed by atoms with Gasteiger partial charge in [-0.15, -0.1) is 0 Å². The molecule has 2 aromatic carbocycles. The number of carbonyl (C=O) groups excluding carboxylic acids is 1. The lowest BCUT2D eigenvalue weighted by atomic mass is 9.94. The molecule has 2 heterocycles. The molecule has 30 heavy (non-hydrogen) atoms. The number of anilines is 2. The lowest BCUT2D eigenvalue weighted by Gasteiger charge is -2.29. The number of phenols is 1. The van der Waals surface area contributed by atoms with Crippen molar-refractivity contribution in [3.05, 3.63) is 65.6 Å². The van der Waals surface area contributed by atoms with Gasteiger partial charge in [-0.3, -0.25) is 4.79 Å². The Balaban J connectivity index is 1.78. The number of benzene rings is 2. The highest BCUT2D eigenvalue weighted by atomic mass is 16.5. The number of nitrogens with one attached hydrogen (secondary N) is 2. The van der Waals surface area contributed by atoms with Crippen LogP contribution in [0.5, 0.6) is 17.2 Å². The molecular weight excluding hydrogens is 386 g/mol. The van der Waals surface area contributed by atoms with Crippen molar-refractivity contribution in [2.24, 2.45) is 0 Å². The normalized spacial score (nSPS) is 15.2. The van der Waals surface area contributed by atoms with Gasteiger partial charge >= 0.3 is 0 Å². The number of amides is 1. The van der Waals surface area contributed by atoms with Crippen molar-refractivity contribution < 1.29 is 19.4 Å². The lowest BCUT2D eigenvalue weighted by Crippen LogP contribution is -2.31. The highest BCUT2D eigenvalue weighted by Crippen LogP contribution is 2.38. The second-order valence-electron chi connectivity index (χ2n) is 6.68. The molecule has 0 fully saturated rings. The highest BCUT2D eigenvalue weighted by molar-refractivity contribution is 6.06. The summed E-state index contributed by atoms with van der Waals surface area (Å²) in [5.41, 5.74) is 2.27. The number of allylic oxidation sites excluding steroid dienone is 1. The van der Waals surface area contributed by atoms with E-state index >= 15 is 0 Å². The van der Waals surface area contributed by atoms with Crippen LogP contribution in [0, 0.1) is 0 Å². The lowest BCUT2D eigenvalue weighted by molar-refractivity contribution is -0.113. The van der Waals surface area contributed by atoms with Crippen molar-refractivity contribution in [2.75, 3.05) is 24.9 Å². The van der Waals surface area contributed by atoms with Gasteiger partial charge in [0.1, 0.15) is 18.1 Å². The van der Waals surface area contributed by atoms with E-state index < -0.39 is 6.04 Å². The molecule has 1 amide bonds. The first-order chi connectivity index (χ1) is 14.5. The Hall–Kier alpha value is -4.01. The van der Waals surface area contributed by atoms with Gasteiger partial charge < -0.3 is 25.2 Å². The van der Waals surface area contributed by atoms with E-state index in [-0.39, 0.29) is 11.7 Å². The number of phenolic OH excluding ortho intramolecular Hbond substituents is 1. The van der Waals surface area contributed by atoms with Crippen LogP contribution in [0.3, 0.4) is 0 Å². The summed E-state index contributed by atoms with van der Waals surface area (Å²) in [5.74, 6) is 1.03. The molecule has 0 spiro atoms. The summed E-state index contributed by atoms with van der Waals surface area (Å²) in [7, 11) is 3.02. The summed E-state index contributed by atoms with van der Waals surface area (Å²) in [5, 5.41) is 20.6. The first kappa shape index (κ1) is 19.3. The summed E-state index contributed by atoms with van der Waals surface area (Å²) in [6.07, 6.45) is 1.41. The van der Waals surface area contributed by atoms with Crippen LogP contribution in [-0.4, -0.2) is 40.0 Å². The van der Waals surface area contributed by atoms with Crippen molar-refractivity contribution in [1.29, 1.82) is 0 Å². The molecule has 0 unspecified atom stereocenters. The zero-order valence-corrected chi connectivity index (χ0v) is 16.7. The molecular formula is C21H21N5O4. The molecule has 1 aromatic heterocycles. The van der Waals surface area contributed by atoms with Gasteiger partial charge in [0, 0.05) is 5.70 Å². The molecule has 1 aliphatic heterocycles. The summed E-state index contributed by atoms with van der Waals surface area (Å²) in [6.45, 7) is 1.80. The predicted molar refractivity (Wildman–Crippen MR) is 111 cm³/mol. The Bertz CT molecular complexity index is 1140. The Morgan fingerprint density at radius 3 is 2.67 bits per heavy atom. The number of ether oxygens (including phenoxy) is 2. The van der Waals surface area contributed by atoms with Gasteiger partial charge in [0.25, 0.3) is 5.91 Å². The standard InChI is InChI=1S/C21H21N5O4/c1-12-18(20(28)25-14-6-4-5-7-16(14)29-2)19(26-21(24-12)22-11-23-26)13-8-9-17(30-3)15(27)10-13/h4-11,19,27H,1-3H3,(H,25,28)(H,22,23,24)/t19-/m1/s1. The number of nitrogens with zero attached hydrogens (tertiary/aromatic N) is 3. The molecule has 3 aromatic rings. The molecule has 4 rings (SSSR count). The second kappa shape index (κ2) is 7.78. The molecule has 1 atom stereocenters. The molecule has 9 nitrogen and oxygen atoms in total. The Kier molecular flexibility index (Phi) is 5.01. The molecule has 9 heteroatoms. The summed E-state index contributed by atoms with van der Waals surface area (Å²) >= 11 is 0. The molecule has 0 saturated carbocycles. The van der Waals surface area contributed by atoms with Crippen molar-refractivity contribution in [3.8, 4) is 17.2 Å². The summed E-state index contributed by atoms with van der Waals surface area (Å²) in [4.78, 5) is 17.6. The van der Waals surface area contributed by atoms with Gasteiger partial charge in [0.05, 0.1) is 25.5 Å². The average Bonchev–Trinajstić information content (AvgIpc) is 3.21. The molecule has 3 N–H and O–H groups in total. The van der Waals surface area contributed by atoms with Crippen LogP contribution >= 0.6 is 0 Å². The van der Waals surface area contributed by atoms with Crippen molar-refractivity contribution in [3.63, 3.8) is 0 Å². The number of aromatic hydroxyl groups is 1. The predicted octanol–water partition coefficient (Wildman–Crippen LogP) is 2.93. The fourth-order valence-electron chi connectivity index (χ4n) is 3.51. The topological polar surface area (TPSA) is 111 Å². The Morgan fingerprint density at radius 2 is 1.93 bits per heavy atom. The second-order valence-corrected chi connectivity index (χ2v) is 6.68. The number of hydrogen-bond donors (Lipinski definition) is 3. The largest absolute Gasteiger partial charge is 0.504 e. The third kappa shape index (κ3) is 3.30. The van der Waals surface area contributed by atoms with Gasteiger partial charge in [0.2, 0.25) is 5.95 Å². The number of hydrogen-bond acceptors (Lipinski definition) is 7. The van der Waals surface area contributed by atoms with E-state index in [1.165, 1.54) is 13.4 Å². The van der Waals surface area contributed by atoms with Crippen LogP contribution in [0.1, 0.15) is 18.5 Å². The zero-order valence-electron chi connectivity index (χ0n) is 16.7. The quantitative estimate of drug-likeness (QED) is 0.596. The van der Waals surface area contributed by atoms with Crippen LogP contribution in [0.2, 0.25) is 0 Å². The fraction of sp³-hybridized carbons (Fsp3) is 0.190. The Labute approximate surface area is 173 Å². The van der Waals surface area contributed by atoms with Gasteiger partial charge in [-0.1, -0.05) is 18.2 Å². The minimum absolute atomic E-state index is 0.0302. The smallest absolute Gasteiger partial charge is 0.255 e. The van der Waals surface area contributed by atoms with Crippen LogP contribution < -0.4 is 20.1 Å². The highest BCUT2D eigenvalue weighted by Gasteiger charge is 2.34. The van der Waals surface area contributed by atoms with Crippen LogP contribution in [0.25, 0.3) is 0 Å². The van der Waals surface area contributed by atoms with Gasteiger partial charge in [0.15, 0.2) is 11.5 Å². The fourth-order valence-corrected chi connectivity index (χ4v) is 3.51. The molecule has 0 radical (unpaired) electrons. The minimum atomic E-state index is -0.602. The SMILES string of the molecule is COc1ccc([C@@H]2C(C(=O)Nc3ccccc3OC)=C(C)Nc3ncnn32)cc1O. The number of aromatic nitrogens is 3. The maximum absolute atomic E-state index is 13.4. The van der Waals surface area contributed by atoms with E-state index in [1.54, 1.807) is 49.0 Å². The summed E-state index contributed by atoms with van der Waals surface area (Å²) < 4.78 is 12.1. The van der Waals surface area contributed by atoms with Gasteiger partial charge in [-0.05, 0) is 36.8 Å². The van der Waals surface area contributed by atoms with E-state index in [1.807, 2.05) is 12.1 Å². The molecule has 1 aliphatic rings. The maximum atomic E-state index is 13.4. The van der Waals surface area contributed by atoms with Crippen LogP contribution in [-0.2, 0) is 4.79 Å². The van der Waals surface area contributed by atoms with Gasteiger partial charge in [-0.25, -0.2) is 4.68 Å². The molecule has 0 saturated heterocycles. The molecule has 0 bridgehead atoms. The third-order valence-electron chi connectivity index (χ3n) is 4.91. The van der Waals surface area contributed by atoms with E-state index in [0.717, 1.165) is 0 Å². The van der Waals surface area contributed by atoms with Crippen molar-refractivity contribution in [2.45, 2.75) is 13.0 Å². The van der Waals surface area contributed by atoms with Crippen molar-refractivity contribution in [1.82, 2.24) is 14.8 Å². The number of rotatable bonds is 5. The minimum Gasteiger partial charge on any atom is -0.504 e. The first-order valence-corrected chi connectivity index (χ1v) is 9.22. The molecule has 0 aliphatic carbocycles. The number of carbonyl (C=O) groups is 1. The summed E-state index contributed by atoms with van der Waals surface area (Å²) in [6, 6.07) is 11.6. The van der Waals surface area contributed by atoms with E-state index in [9.17, 15) is 9.90 Å². The van der Waals surface area contributed by atoms with E-state index in [4.69, 9.17) is 9.47 Å². The first-order valence-electron chi connectivity index (χ1n) is 9.22.